The molecule has 0 spiro atoms. The molecule has 0 saturated carbocycles. The van der Waals surface area contributed by atoms with Crippen LogP contribution in [0.5, 0.6) is 0 Å². The summed E-state index contributed by atoms with van der Waals surface area (Å²) in [5.74, 6) is 0. The van der Waals surface area contributed by atoms with Crippen molar-refractivity contribution < 1.29 is 18.9 Å². The average Bonchev–Trinajstić information content (AvgIpc) is 2.85. The average molecular weight is 214 g/mol. The number of hydrogen-bond acceptors (Lipinski definition) is 4. The molecular formula is C11H18O4. The van der Waals surface area contributed by atoms with Crippen LogP contribution in [0, 0.1) is 0 Å². The van der Waals surface area contributed by atoms with E-state index in [4.69, 9.17) is 18.9 Å². The predicted molar refractivity (Wildman–Crippen MR) is 52.6 cm³/mol. The van der Waals surface area contributed by atoms with E-state index >= 15 is 0 Å². The van der Waals surface area contributed by atoms with Gasteiger partial charge >= 0.3 is 0 Å². The van der Waals surface area contributed by atoms with Gasteiger partial charge in [0, 0.05) is 13.2 Å². The van der Waals surface area contributed by atoms with Crippen LogP contribution in [0.15, 0.2) is 0 Å². The number of hydrogen-bond donors (Lipinski definition) is 0. The second kappa shape index (κ2) is 4.37. The molecule has 3 aliphatic rings. The first-order valence-corrected chi connectivity index (χ1v) is 5.94. The summed E-state index contributed by atoms with van der Waals surface area (Å²) in [7, 11) is 0. The molecule has 4 atom stereocenters. The molecule has 0 bridgehead atoms. The third-order valence-corrected chi connectivity index (χ3v) is 3.38. The van der Waals surface area contributed by atoms with Gasteiger partial charge in [0.05, 0.1) is 12.7 Å². The molecule has 86 valence electrons. The van der Waals surface area contributed by atoms with E-state index in [1.54, 1.807) is 0 Å². The highest BCUT2D eigenvalue weighted by Gasteiger charge is 2.43. The van der Waals surface area contributed by atoms with Crippen LogP contribution >= 0.6 is 0 Å². The monoisotopic (exact) mass is 214 g/mol. The van der Waals surface area contributed by atoms with Crippen LogP contribution in [0.3, 0.4) is 0 Å². The van der Waals surface area contributed by atoms with Gasteiger partial charge in [-0.2, -0.15) is 0 Å². The highest BCUT2D eigenvalue weighted by atomic mass is 16.7. The van der Waals surface area contributed by atoms with Crippen LogP contribution in [0.4, 0.5) is 0 Å². The van der Waals surface area contributed by atoms with Gasteiger partial charge in [0.15, 0.2) is 6.29 Å². The number of rotatable bonds is 2. The molecule has 0 radical (unpaired) electrons. The SMILES string of the molecule is C1CCC(O[C@@H]2CO[C@@H]3CCO[C@H]32)OC1. The topological polar surface area (TPSA) is 36.9 Å². The minimum atomic E-state index is -0.0321. The molecule has 3 aliphatic heterocycles. The molecule has 3 saturated heterocycles. The van der Waals surface area contributed by atoms with Gasteiger partial charge in [0.1, 0.15) is 12.2 Å². The summed E-state index contributed by atoms with van der Waals surface area (Å²) >= 11 is 0. The summed E-state index contributed by atoms with van der Waals surface area (Å²) in [5, 5.41) is 0. The van der Waals surface area contributed by atoms with Crippen LogP contribution in [-0.4, -0.2) is 44.4 Å². The Balaban J connectivity index is 1.54. The second-order valence-corrected chi connectivity index (χ2v) is 4.47. The van der Waals surface area contributed by atoms with E-state index < -0.39 is 0 Å². The Kier molecular flexibility index (Phi) is 2.92. The number of fused-ring (bicyclic) bond motifs is 1. The predicted octanol–water partition coefficient (Wildman–Crippen LogP) is 1.09. The molecule has 4 heteroatoms. The third-order valence-electron chi connectivity index (χ3n) is 3.38. The summed E-state index contributed by atoms with van der Waals surface area (Å²) in [6.45, 7) is 2.29. The first kappa shape index (κ1) is 10.0. The molecule has 0 N–H and O–H groups in total. The van der Waals surface area contributed by atoms with Gasteiger partial charge in [-0.05, 0) is 25.7 Å². The highest BCUT2D eigenvalue weighted by Crippen LogP contribution is 2.30. The summed E-state index contributed by atoms with van der Waals surface area (Å²) in [6.07, 6.45) is 4.84. The molecule has 0 aromatic heterocycles. The van der Waals surface area contributed by atoms with Crippen LogP contribution in [0.25, 0.3) is 0 Å². The normalized spacial score (nSPS) is 45.6. The molecule has 0 aliphatic carbocycles. The van der Waals surface area contributed by atoms with E-state index in [2.05, 4.69) is 0 Å². The zero-order chi connectivity index (χ0) is 10.1. The zero-order valence-electron chi connectivity index (χ0n) is 8.89. The van der Waals surface area contributed by atoms with Crippen LogP contribution in [0.2, 0.25) is 0 Å². The second-order valence-electron chi connectivity index (χ2n) is 4.47. The van der Waals surface area contributed by atoms with Crippen molar-refractivity contribution in [2.75, 3.05) is 19.8 Å². The van der Waals surface area contributed by atoms with Gasteiger partial charge in [0.25, 0.3) is 0 Å². The molecular weight excluding hydrogens is 196 g/mol. The summed E-state index contributed by atoms with van der Waals surface area (Å²) in [4.78, 5) is 0. The number of ether oxygens (including phenoxy) is 4. The smallest absolute Gasteiger partial charge is 0.158 e. The lowest BCUT2D eigenvalue weighted by Crippen LogP contribution is -2.35. The van der Waals surface area contributed by atoms with E-state index in [0.29, 0.717) is 6.61 Å². The van der Waals surface area contributed by atoms with Crippen molar-refractivity contribution in [1.29, 1.82) is 0 Å². The van der Waals surface area contributed by atoms with Gasteiger partial charge in [-0.25, -0.2) is 0 Å². The summed E-state index contributed by atoms with van der Waals surface area (Å²) in [5.41, 5.74) is 0. The fourth-order valence-corrected chi connectivity index (χ4v) is 2.56. The maximum absolute atomic E-state index is 5.89. The van der Waals surface area contributed by atoms with Crippen LogP contribution < -0.4 is 0 Å². The van der Waals surface area contributed by atoms with Crippen molar-refractivity contribution in [2.45, 2.75) is 50.3 Å². The Morgan fingerprint density at radius 1 is 0.933 bits per heavy atom. The van der Waals surface area contributed by atoms with Crippen molar-refractivity contribution in [2.24, 2.45) is 0 Å². The van der Waals surface area contributed by atoms with Gasteiger partial charge < -0.3 is 18.9 Å². The van der Waals surface area contributed by atoms with E-state index in [0.717, 1.165) is 32.5 Å². The first-order valence-electron chi connectivity index (χ1n) is 5.94. The van der Waals surface area contributed by atoms with Gasteiger partial charge in [-0.15, -0.1) is 0 Å². The molecule has 4 nitrogen and oxygen atoms in total. The third kappa shape index (κ3) is 2.04. The Hall–Kier alpha value is -0.160. The maximum atomic E-state index is 5.89. The van der Waals surface area contributed by atoms with Gasteiger partial charge in [0.2, 0.25) is 0 Å². The van der Waals surface area contributed by atoms with Crippen LogP contribution in [0.1, 0.15) is 25.7 Å². The Labute approximate surface area is 89.8 Å². The van der Waals surface area contributed by atoms with E-state index in [1.165, 1.54) is 6.42 Å². The fraction of sp³-hybridized carbons (Fsp3) is 1.00. The molecule has 3 heterocycles. The molecule has 1 unspecified atom stereocenters. The van der Waals surface area contributed by atoms with Crippen LogP contribution in [-0.2, 0) is 18.9 Å². The molecule has 0 aromatic rings. The fourth-order valence-electron chi connectivity index (χ4n) is 2.56. The maximum Gasteiger partial charge on any atom is 0.158 e. The highest BCUT2D eigenvalue weighted by molar-refractivity contribution is 4.90. The van der Waals surface area contributed by atoms with Gasteiger partial charge in [-0.3, -0.25) is 0 Å². The Morgan fingerprint density at radius 3 is 2.80 bits per heavy atom. The van der Waals surface area contributed by atoms with Crippen molar-refractivity contribution in [3.05, 3.63) is 0 Å². The van der Waals surface area contributed by atoms with Crippen molar-refractivity contribution in [3.8, 4) is 0 Å². The Bertz CT molecular complexity index is 215. The molecule has 3 rings (SSSR count). The van der Waals surface area contributed by atoms with Gasteiger partial charge in [-0.1, -0.05) is 0 Å². The lowest BCUT2D eigenvalue weighted by Gasteiger charge is -2.27. The zero-order valence-corrected chi connectivity index (χ0v) is 8.89. The molecule has 15 heavy (non-hydrogen) atoms. The summed E-state index contributed by atoms with van der Waals surface area (Å²) in [6, 6.07) is 0. The lowest BCUT2D eigenvalue weighted by atomic mass is 10.1. The summed E-state index contributed by atoms with van der Waals surface area (Å²) < 4.78 is 22.7. The quantitative estimate of drug-likeness (QED) is 0.689. The van der Waals surface area contributed by atoms with E-state index in [9.17, 15) is 0 Å². The first-order chi connectivity index (χ1) is 7.43. The van der Waals surface area contributed by atoms with E-state index in [1.807, 2.05) is 0 Å². The van der Waals surface area contributed by atoms with Crippen molar-refractivity contribution >= 4 is 0 Å². The van der Waals surface area contributed by atoms with Crippen molar-refractivity contribution in [1.82, 2.24) is 0 Å². The van der Waals surface area contributed by atoms with E-state index in [-0.39, 0.29) is 24.6 Å². The minimum Gasteiger partial charge on any atom is -0.373 e. The molecule has 3 fully saturated rings. The minimum absolute atomic E-state index is 0.0321. The Morgan fingerprint density at radius 2 is 1.93 bits per heavy atom. The standard InChI is InChI=1S/C11H18O4/c1-2-5-12-10(3-1)15-9-7-14-8-4-6-13-11(8)9/h8-11H,1-7H2/t8-,9-,10?,11-/m1/s1. The largest absolute Gasteiger partial charge is 0.373 e. The molecule has 0 amide bonds. The molecule has 0 aromatic carbocycles. The lowest BCUT2D eigenvalue weighted by molar-refractivity contribution is -0.201. The van der Waals surface area contributed by atoms with Crippen molar-refractivity contribution in [3.63, 3.8) is 0 Å².